The fourth-order valence-electron chi connectivity index (χ4n) is 2.95. The van der Waals surface area contributed by atoms with Crippen molar-refractivity contribution in [2.24, 2.45) is 0 Å². The first-order valence-electron chi connectivity index (χ1n) is 9.66. The summed E-state index contributed by atoms with van der Waals surface area (Å²) < 4.78 is 83.1. The van der Waals surface area contributed by atoms with Gasteiger partial charge >= 0.3 is 21.7 Å². The normalized spacial score (nSPS) is 15.9. The molecule has 1 N–H and O–H groups in total. The maximum absolute atomic E-state index is 14.5. The number of carbonyl (C=O) groups is 2. The lowest BCUT2D eigenvalue weighted by Gasteiger charge is -2.26. The summed E-state index contributed by atoms with van der Waals surface area (Å²) in [4.78, 5) is 26.5. The van der Waals surface area contributed by atoms with Crippen molar-refractivity contribution in [1.82, 2.24) is 10.2 Å². The Morgan fingerprint density at radius 3 is 2.25 bits per heavy atom. The molecule has 0 aliphatic carbocycles. The molecule has 1 aliphatic rings. The summed E-state index contributed by atoms with van der Waals surface area (Å²) in [5, 5.41) is 2.40. The van der Waals surface area contributed by atoms with Gasteiger partial charge in [-0.3, -0.25) is 4.79 Å². The van der Waals surface area contributed by atoms with Crippen LogP contribution in [0.5, 0.6) is 5.75 Å². The van der Waals surface area contributed by atoms with Gasteiger partial charge in [0.25, 0.3) is 0 Å². The lowest BCUT2D eigenvalue weighted by Crippen LogP contribution is -2.50. The first-order valence-corrected chi connectivity index (χ1v) is 11.1. The van der Waals surface area contributed by atoms with E-state index >= 15 is 0 Å². The smallest absolute Gasteiger partial charge is 0.444 e. The molecule has 1 aliphatic heterocycles. The number of ether oxygens (including phenoxy) is 1. The standard InChI is InChI=1S/C19H24F4N2O6S/c1-18(2,3)30-17(27)24-15(16(26)25-8-4-5-9-25)10-12-6-7-13(11-14(12)20)31-32(28,29)19(21,22)23/h6-7,11,15H,4-5,8-10H2,1-3H3,(H,24,27)/t15-/m0/s1. The maximum Gasteiger partial charge on any atom is 0.534 e. The van der Waals surface area contributed by atoms with E-state index in [1.165, 1.54) is 4.90 Å². The third kappa shape index (κ3) is 6.97. The predicted molar refractivity (Wildman–Crippen MR) is 105 cm³/mol. The minimum atomic E-state index is -5.96. The van der Waals surface area contributed by atoms with Crippen molar-refractivity contribution in [3.8, 4) is 5.75 Å². The zero-order valence-electron chi connectivity index (χ0n) is 17.7. The number of hydrogen-bond acceptors (Lipinski definition) is 6. The monoisotopic (exact) mass is 484 g/mol. The molecule has 0 bridgehead atoms. The molecular weight excluding hydrogens is 460 g/mol. The topological polar surface area (TPSA) is 102 Å². The zero-order valence-corrected chi connectivity index (χ0v) is 18.5. The van der Waals surface area contributed by atoms with Gasteiger partial charge in [-0.25, -0.2) is 9.18 Å². The Morgan fingerprint density at radius 2 is 1.75 bits per heavy atom. The highest BCUT2D eigenvalue weighted by atomic mass is 32.2. The average Bonchev–Trinajstić information content (AvgIpc) is 3.14. The molecule has 1 heterocycles. The summed E-state index contributed by atoms with van der Waals surface area (Å²) in [7, 11) is -5.96. The number of nitrogens with zero attached hydrogens (tertiary/aromatic N) is 1. The highest BCUT2D eigenvalue weighted by molar-refractivity contribution is 7.88. The Hall–Kier alpha value is -2.57. The minimum Gasteiger partial charge on any atom is -0.444 e. The molecular formula is C19H24F4N2O6S. The van der Waals surface area contributed by atoms with Crippen molar-refractivity contribution in [3.05, 3.63) is 29.6 Å². The van der Waals surface area contributed by atoms with Crippen LogP contribution in [-0.2, 0) is 26.1 Å². The average molecular weight is 484 g/mol. The van der Waals surface area contributed by atoms with Crippen molar-refractivity contribution >= 4 is 22.1 Å². The van der Waals surface area contributed by atoms with Gasteiger partial charge in [0.2, 0.25) is 5.91 Å². The van der Waals surface area contributed by atoms with Crippen LogP contribution in [0.1, 0.15) is 39.2 Å². The fraction of sp³-hybridized carbons (Fsp3) is 0.579. The van der Waals surface area contributed by atoms with Crippen LogP contribution in [-0.4, -0.2) is 55.6 Å². The van der Waals surface area contributed by atoms with Crippen LogP contribution in [0.15, 0.2) is 18.2 Å². The zero-order chi connectivity index (χ0) is 24.3. The molecule has 2 rings (SSSR count). The molecule has 0 saturated carbocycles. The van der Waals surface area contributed by atoms with Gasteiger partial charge in [-0.15, -0.1) is 0 Å². The van der Waals surface area contributed by atoms with Gasteiger partial charge in [0.15, 0.2) is 0 Å². The van der Waals surface area contributed by atoms with Gasteiger partial charge in [-0.1, -0.05) is 6.07 Å². The Bertz CT molecular complexity index is 954. The van der Waals surface area contributed by atoms with Gasteiger partial charge in [0, 0.05) is 25.6 Å². The summed E-state index contributed by atoms with van der Waals surface area (Å²) in [6.07, 6.45) is 0.316. The number of amides is 2. The van der Waals surface area contributed by atoms with Crippen LogP contribution >= 0.6 is 0 Å². The lowest BCUT2D eigenvalue weighted by molar-refractivity contribution is -0.132. The highest BCUT2D eigenvalue weighted by Gasteiger charge is 2.48. The molecule has 180 valence electrons. The summed E-state index contributed by atoms with van der Waals surface area (Å²) in [5.74, 6) is -2.45. The van der Waals surface area contributed by atoms with Gasteiger partial charge < -0.3 is 19.1 Å². The molecule has 1 saturated heterocycles. The number of alkyl halides is 3. The number of rotatable bonds is 6. The van der Waals surface area contributed by atoms with Crippen LogP contribution in [0, 0.1) is 5.82 Å². The third-order valence-electron chi connectivity index (χ3n) is 4.34. The largest absolute Gasteiger partial charge is 0.534 e. The molecule has 1 aromatic carbocycles. The summed E-state index contributed by atoms with van der Waals surface area (Å²) in [6, 6.07) is 1.07. The van der Waals surface area contributed by atoms with Crippen LogP contribution in [0.4, 0.5) is 22.4 Å². The van der Waals surface area contributed by atoms with Crippen LogP contribution in [0.25, 0.3) is 0 Å². The Kier molecular flexibility index (Phi) is 7.63. The van der Waals surface area contributed by atoms with E-state index in [1.54, 1.807) is 20.8 Å². The first-order chi connectivity index (χ1) is 14.6. The van der Waals surface area contributed by atoms with Gasteiger partial charge in [-0.2, -0.15) is 21.6 Å². The van der Waals surface area contributed by atoms with Crippen molar-refractivity contribution in [2.75, 3.05) is 13.1 Å². The molecule has 0 unspecified atom stereocenters. The number of halogens is 4. The van der Waals surface area contributed by atoms with E-state index in [4.69, 9.17) is 4.74 Å². The Labute approximate surface area is 183 Å². The number of carbonyl (C=O) groups excluding carboxylic acids is 2. The number of nitrogens with one attached hydrogen (secondary N) is 1. The molecule has 1 atom stereocenters. The molecule has 0 spiro atoms. The lowest BCUT2D eigenvalue weighted by atomic mass is 10.0. The van der Waals surface area contributed by atoms with Gasteiger partial charge in [0.05, 0.1) is 0 Å². The molecule has 8 nitrogen and oxygen atoms in total. The maximum atomic E-state index is 14.5. The van der Waals surface area contributed by atoms with Crippen LogP contribution in [0.3, 0.4) is 0 Å². The van der Waals surface area contributed by atoms with Crippen molar-refractivity contribution in [3.63, 3.8) is 0 Å². The highest BCUT2D eigenvalue weighted by Crippen LogP contribution is 2.28. The Balaban J connectivity index is 2.22. The first kappa shape index (κ1) is 25.7. The van der Waals surface area contributed by atoms with E-state index in [1.807, 2.05) is 0 Å². The second kappa shape index (κ2) is 9.51. The Morgan fingerprint density at radius 1 is 1.16 bits per heavy atom. The minimum absolute atomic E-state index is 0.143. The number of hydrogen-bond donors (Lipinski definition) is 1. The molecule has 13 heteroatoms. The van der Waals surface area contributed by atoms with E-state index in [9.17, 15) is 35.6 Å². The van der Waals surface area contributed by atoms with E-state index in [-0.39, 0.29) is 12.0 Å². The van der Waals surface area contributed by atoms with Crippen molar-refractivity contribution < 1.29 is 44.5 Å². The quantitative estimate of drug-likeness (QED) is 0.378. The number of benzene rings is 1. The predicted octanol–water partition coefficient (Wildman–Crippen LogP) is 3.11. The van der Waals surface area contributed by atoms with E-state index in [0.717, 1.165) is 25.0 Å². The van der Waals surface area contributed by atoms with E-state index in [2.05, 4.69) is 9.50 Å². The van der Waals surface area contributed by atoms with Crippen molar-refractivity contribution in [2.45, 2.75) is 57.2 Å². The summed E-state index contributed by atoms with van der Waals surface area (Å²) in [6.45, 7) is 5.80. The number of alkyl carbamates (subject to hydrolysis) is 1. The van der Waals surface area contributed by atoms with E-state index in [0.29, 0.717) is 19.2 Å². The van der Waals surface area contributed by atoms with Crippen LogP contribution < -0.4 is 9.50 Å². The molecule has 0 aromatic heterocycles. The van der Waals surface area contributed by atoms with E-state index < -0.39 is 50.8 Å². The second-order valence-electron chi connectivity index (χ2n) is 8.17. The fourth-order valence-corrected chi connectivity index (χ4v) is 3.40. The molecule has 1 aromatic rings. The SMILES string of the molecule is CC(C)(C)OC(=O)N[C@@H](Cc1ccc(OS(=O)(=O)C(F)(F)F)cc1F)C(=O)N1CCCC1. The third-order valence-corrected chi connectivity index (χ3v) is 5.32. The summed E-state index contributed by atoms with van der Waals surface area (Å²) >= 11 is 0. The summed E-state index contributed by atoms with van der Waals surface area (Å²) in [5.41, 5.74) is -6.66. The molecule has 32 heavy (non-hydrogen) atoms. The van der Waals surface area contributed by atoms with Crippen LogP contribution in [0.2, 0.25) is 0 Å². The molecule has 0 radical (unpaired) electrons. The van der Waals surface area contributed by atoms with Crippen molar-refractivity contribution in [1.29, 1.82) is 0 Å². The second-order valence-corrected chi connectivity index (χ2v) is 9.71. The molecule has 2 amide bonds. The molecule has 1 fully saturated rings. The number of likely N-dealkylation sites (tertiary alicyclic amines) is 1. The van der Waals surface area contributed by atoms with Gasteiger partial charge in [0.1, 0.15) is 23.2 Å². The van der Waals surface area contributed by atoms with Gasteiger partial charge in [-0.05, 0) is 45.2 Å².